The Morgan fingerprint density at radius 1 is 1.33 bits per heavy atom. The maximum absolute atomic E-state index is 12.5. The van der Waals surface area contributed by atoms with Gasteiger partial charge in [0.05, 0.1) is 23.7 Å². The molecule has 0 aliphatic carbocycles. The van der Waals surface area contributed by atoms with Gasteiger partial charge in [-0.15, -0.1) is 0 Å². The Morgan fingerprint density at radius 2 is 1.92 bits per heavy atom. The van der Waals surface area contributed by atoms with Crippen LogP contribution in [-0.4, -0.2) is 48.6 Å². The number of hydrogen-bond acceptors (Lipinski definition) is 5. The summed E-state index contributed by atoms with van der Waals surface area (Å²) in [5.41, 5.74) is 0.285. The summed E-state index contributed by atoms with van der Waals surface area (Å²) in [4.78, 5) is 25.0. The Labute approximate surface area is 142 Å². The molecule has 1 aromatic carbocycles. The monoisotopic (exact) mass is 335 g/mol. The molecule has 1 aliphatic heterocycles. The van der Waals surface area contributed by atoms with Gasteiger partial charge >= 0.3 is 0 Å². The van der Waals surface area contributed by atoms with Crippen molar-refractivity contribution in [3.63, 3.8) is 0 Å². The van der Waals surface area contributed by atoms with E-state index in [-0.39, 0.29) is 17.5 Å². The Hall–Kier alpha value is -1.99. The third kappa shape index (κ3) is 4.75. The summed E-state index contributed by atoms with van der Waals surface area (Å²) in [6.45, 7) is 9.53. The Kier molecular flexibility index (Phi) is 5.90. The number of carbonyl (C=O) groups is 1. The smallest absolute Gasteiger partial charge is 0.269 e. The Morgan fingerprint density at radius 3 is 2.46 bits per heavy atom. The highest BCUT2D eigenvalue weighted by molar-refractivity contribution is 5.79. The third-order valence-electron chi connectivity index (χ3n) is 4.32. The van der Waals surface area contributed by atoms with Crippen LogP contribution in [0, 0.1) is 16.0 Å². The fourth-order valence-corrected chi connectivity index (χ4v) is 2.76. The first-order valence-corrected chi connectivity index (χ1v) is 8.16. The number of nitrogens with zero attached hydrogens (tertiary/aromatic N) is 2. The van der Waals surface area contributed by atoms with Crippen LogP contribution in [0.15, 0.2) is 24.3 Å². The fourth-order valence-electron chi connectivity index (χ4n) is 2.76. The summed E-state index contributed by atoms with van der Waals surface area (Å²) in [5, 5.41) is 13.8. The van der Waals surface area contributed by atoms with Crippen molar-refractivity contribution in [1.82, 2.24) is 10.2 Å². The first-order chi connectivity index (χ1) is 11.3. The standard InChI is InChI=1S/C17H25N3O4/c1-13(12-19-8-10-24-11-9-19)16(21)18-17(2,3)14-4-6-15(7-5-14)20(22)23/h4-7,13H,8-12H2,1-3H3,(H,18,21)/t13-/m0/s1. The summed E-state index contributed by atoms with van der Waals surface area (Å²) < 4.78 is 5.32. The molecule has 132 valence electrons. The van der Waals surface area contributed by atoms with Crippen LogP contribution in [0.1, 0.15) is 26.3 Å². The molecule has 2 rings (SSSR count). The van der Waals surface area contributed by atoms with E-state index in [1.165, 1.54) is 12.1 Å². The predicted molar refractivity (Wildman–Crippen MR) is 90.7 cm³/mol. The fraction of sp³-hybridized carbons (Fsp3) is 0.588. The number of amides is 1. The molecule has 7 heteroatoms. The highest BCUT2D eigenvalue weighted by atomic mass is 16.6. The van der Waals surface area contributed by atoms with Gasteiger partial charge in [0.2, 0.25) is 5.91 Å². The average molecular weight is 335 g/mol. The number of benzene rings is 1. The number of rotatable bonds is 6. The van der Waals surface area contributed by atoms with Crippen molar-refractivity contribution in [2.75, 3.05) is 32.8 Å². The van der Waals surface area contributed by atoms with Crippen molar-refractivity contribution in [1.29, 1.82) is 0 Å². The molecule has 1 heterocycles. The molecule has 0 bridgehead atoms. The van der Waals surface area contributed by atoms with Gasteiger partial charge in [0.1, 0.15) is 0 Å². The van der Waals surface area contributed by atoms with Crippen molar-refractivity contribution in [2.45, 2.75) is 26.3 Å². The van der Waals surface area contributed by atoms with Gasteiger partial charge in [0, 0.05) is 37.7 Å². The number of nitrogens with one attached hydrogen (secondary N) is 1. The van der Waals surface area contributed by atoms with Gasteiger partial charge in [-0.05, 0) is 31.5 Å². The quantitative estimate of drug-likeness (QED) is 0.634. The number of morpholine rings is 1. The summed E-state index contributed by atoms with van der Waals surface area (Å²) in [7, 11) is 0. The van der Waals surface area contributed by atoms with Crippen molar-refractivity contribution >= 4 is 11.6 Å². The second kappa shape index (κ2) is 7.72. The van der Waals surface area contributed by atoms with Gasteiger partial charge in [-0.2, -0.15) is 0 Å². The van der Waals surface area contributed by atoms with Crippen molar-refractivity contribution in [3.8, 4) is 0 Å². The number of carbonyl (C=O) groups excluding carboxylic acids is 1. The number of ether oxygens (including phenoxy) is 1. The third-order valence-corrected chi connectivity index (χ3v) is 4.32. The minimum Gasteiger partial charge on any atom is -0.379 e. The molecule has 24 heavy (non-hydrogen) atoms. The SMILES string of the molecule is C[C@@H](CN1CCOCC1)C(=O)NC(C)(C)c1ccc([N+](=O)[O-])cc1. The summed E-state index contributed by atoms with van der Waals surface area (Å²) in [6.07, 6.45) is 0. The van der Waals surface area contributed by atoms with Gasteiger partial charge < -0.3 is 10.1 Å². The minimum atomic E-state index is -0.592. The molecule has 7 nitrogen and oxygen atoms in total. The van der Waals surface area contributed by atoms with Gasteiger partial charge in [0.15, 0.2) is 0 Å². The number of nitro groups is 1. The van der Waals surface area contributed by atoms with E-state index < -0.39 is 10.5 Å². The zero-order chi connectivity index (χ0) is 17.7. The second-order valence-corrected chi connectivity index (χ2v) is 6.73. The van der Waals surface area contributed by atoms with Crippen LogP contribution in [0.3, 0.4) is 0 Å². The predicted octanol–water partition coefficient (Wildman–Crippen LogP) is 1.91. The zero-order valence-electron chi connectivity index (χ0n) is 14.4. The molecular formula is C17H25N3O4. The molecule has 0 spiro atoms. The lowest BCUT2D eigenvalue weighted by molar-refractivity contribution is -0.384. The summed E-state index contributed by atoms with van der Waals surface area (Å²) in [6, 6.07) is 6.29. The van der Waals surface area contributed by atoms with Gasteiger partial charge in [-0.1, -0.05) is 6.92 Å². The largest absolute Gasteiger partial charge is 0.379 e. The van der Waals surface area contributed by atoms with Crippen LogP contribution in [-0.2, 0) is 15.1 Å². The van der Waals surface area contributed by atoms with Crippen LogP contribution in [0.2, 0.25) is 0 Å². The lowest BCUT2D eigenvalue weighted by atomic mass is 9.93. The van der Waals surface area contributed by atoms with Crippen LogP contribution in [0.25, 0.3) is 0 Å². The minimum absolute atomic E-state index is 0.0233. The molecule has 0 saturated carbocycles. The van der Waals surface area contributed by atoms with Gasteiger partial charge in [0.25, 0.3) is 5.69 Å². The Bertz CT molecular complexity index is 580. The molecule has 1 N–H and O–H groups in total. The molecule has 0 aromatic heterocycles. The first kappa shape index (κ1) is 18.4. The van der Waals surface area contributed by atoms with E-state index in [0.29, 0.717) is 19.8 Å². The van der Waals surface area contributed by atoms with Crippen LogP contribution in [0.4, 0.5) is 5.69 Å². The van der Waals surface area contributed by atoms with E-state index in [0.717, 1.165) is 18.7 Å². The molecular weight excluding hydrogens is 310 g/mol. The number of hydrogen-bond donors (Lipinski definition) is 1. The molecule has 1 aromatic rings. The lowest BCUT2D eigenvalue weighted by Crippen LogP contribution is -2.47. The zero-order valence-corrected chi connectivity index (χ0v) is 14.4. The molecule has 1 saturated heterocycles. The summed E-state index contributed by atoms with van der Waals surface area (Å²) in [5.74, 6) is -0.162. The maximum atomic E-state index is 12.5. The summed E-state index contributed by atoms with van der Waals surface area (Å²) >= 11 is 0. The second-order valence-electron chi connectivity index (χ2n) is 6.73. The van der Waals surface area contributed by atoms with Crippen molar-refractivity contribution in [2.24, 2.45) is 5.92 Å². The first-order valence-electron chi connectivity index (χ1n) is 8.16. The van der Waals surface area contributed by atoms with Crippen molar-refractivity contribution in [3.05, 3.63) is 39.9 Å². The van der Waals surface area contributed by atoms with E-state index in [1.54, 1.807) is 12.1 Å². The van der Waals surface area contributed by atoms with Gasteiger partial charge in [-0.25, -0.2) is 0 Å². The lowest BCUT2D eigenvalue weighted by Gasteiger charge is -2.32. The van der Waals surface area contributed by atoms with Crippen LogP contribution >= 0.6 is 0 Å². The van der Waals surface area contributed by atoms with E-state index >= 15 is 0 Å². The van der Waals surface area contributed by atoms with E-state index in [1.807, 2.05) is 20.8 Å². The van der Waals surface area contributed by atoms with Gasteiger partial charge in [-0.3, -0.25) is 19.8 Å². The van der Waals surface area contributed by atoms with E-state index in [2.05, 4.69) is 10.2 Å². The molecule has 1 amide bonds. The van der Waals surface area contributed by atoms with E-state index in [4.69, 9.17) is 4.74 Å². The van der Waals surface area contributed by atoms with Crippen LogP contribution < -0.4 is 5.32 Å². The molecule has 1 atom stereocenters. The Balaban J connectivity index is 1.96. The number of non-ortho nitro benzene ring substituents is 1. The van der Waals surface area contributed by atoms with E-state index in [9.17, 15) is 14.9 Å². The topological polar surface area (TPSA) is 84.7 Å². The highest BCUT2D eigenvalue weighted by Crippen LogP contribution is 2.23. The molecule has 0 unspecified atom stereocenters. The van der Waals surface area contributed by atoms with Crippen molar-refractivity contribution < 1.29 is 14.5 Å². The maximum Gasteiger partial charge on any atom is 0.269 e. The average Bonchev–Trinajstić information content (AvgIpc) is 2.55. The molecule has 0 radical (unpaired) electrons. The normalized spacial score (nSPS) is 17.3. The highest BCUT2D eigenvalue weighted by Gasteiger charge is 2.27. The molecule has 1 aliphatic rings. The van der Waals surface area contributed by atoms with Crippen LogP contribution in [0.5, 0.6) is 0 Å². The molecule has 1 fully saturated rings. The number of nitro benzene ring substituents is 1.